The summed E-state index contributed by atoms with van der Waals surface area (Å²) in [5.74, 6) is 1.56. The van der Waals surface area contributed by atoms with Gasteiger partial charge in [0.1, 0.15) is 18.5 Å². The first kappa shape index (κ1) is 22.9. The summed E-state index contributed by atoms with van der Waals surface area (Å²) in [4.78, 5) is 21.6. The zero-order valence-electron chi connectivity index (χ0n) is 15.2. The van der Waals surface area contributed by atoms with Gasteiger partial charge in [-0.2, -0.15) is 0 Å². The van der Waals surface area contributed by atoms with Crippen molar-refractivity contribution in [2.24, 2.45) is 0 Å². The Hall–Kier alpha value is -1.15. The summed E-state index contributed by atoms with van der Waals surface area (Å²) in [7, 11) is 0. The average molecular weight is 406 g/mol. The van der Waals surface area contributed by atoms with Gasteiger partial charge in [0, 0.05) is 31.7 Å². The summed E-state index contributed by atoms with van der Waals surface area (Å²) < 4.78 is 5.48. The lowest BCUT2D eigenvalue weighted by atomic mass is 10.1. The number of hydrogen-bond donors (Lipinski definition) is 3. The van der Waals surface area contributed by atoms with Crippen LogP contribution >= 0.6 is 24.8 Å². The molecule has 0 bridgehead atoms. The third-order valence-electron chi connectivity index (χ3n) is 4.51. The molecule has 0 aromatic carbocycles. The van der Waals surface area contributed by atoms with E-state index in [4.69, 9.17) is 4.74 Å². The molecule has 2 aliphatic heterocycles. The molecule has 3 heterocycles. The molecule has 148 valence electrons. The van der Waals surface area contributed by atoms with E-state index in [0.717, 1.165) is 68.8 Å². The van der Waals surface area contributed by atoms with Gasteiger partial charge in [-0.15, -0.1) is 24.8 Å². The quantitative estimate of drug-likeness (QED) is 0.689. The maximum absolute atomic E-state index is 12.3. The van der Waals surface area contributed by atoms with E-state index >= 15 is 0 Å². The zero-order valence-corrected chi connectivity index (χ0v) is 16.8. The third kappa shape index (κ3) is 5.94. The van der Waals surface area contributed by atoms with Gasteiger partial charge in [0.15, 0.2) is 5.82 Å². The molecule has 0 saturated carbocycles. The normalized spacial score (nSPS) is 19.7. The van der Waals surface area contributed by atoms with E-state index in [1.165, 1.54) is 0 Å². The number of fused-ring (bicyclic) bond motifs is 1. The van der Waals surface area contributed by atoms with Crippen molar-refractivity contribution in [2.45, 2.75) is 51.7 Å². The number of carbonyl (C=O) groups is 1. The van der Waals surface area contributed by atoms with Crippen LogP contribution in [0.3, 0.4) is 0 Å². The molecule has 26 heavy (non-hydrogen) atoms. The maximum atomic E-state index is 12.3. The van der Waals surface area contributed by atoms with Crippen LogP contribution in [-0.2, 0) is 29.0 Å². The van der Waals surface area contributed by atoms with Crippen molar-refractivity contribution in [2.75, 3.05) is 31.6 Å². The molecular formula is C17H29Cl2N5O2. The van der Waals surface area contributed by atoms with Crippen molar-refractivity contribution in [3.63, 3.8) is 0 Å². The summed E-state index contributed by atoms with van der Waals surface area (Å²) in [5, 5.41) is 9.77. The molecular weight excluding hydrogens is 377 g/mol. The molecule has 1 unspecified atom stereocenters. The number of hydrogen-bond acceptors (Lipinski definition) is 6. The number of rotatable bonds is 5. The Labute approximate surface area is 167 Å². The first-order chi connectivity index (χ1) is 11.8. The largest absolute Gasteiger partial charge is 0.374 e. The van der Waals surface area contributed by atoms with Crippen LogP contribution in [0.1, 0.15) is 43.3 Å². The smallest absolute Gasteiger partial charge is 0.242 e. The summed E-state index contributed by atoms with van der Waals surface area (Å²) in [5.41, 5.74) is 2.21. The molecule has 1 aromatic rings. The lowest BCUT2D eigenvalue weighted by Gasteiger charge is -2.20. The monoisotopic (exact) mass is 405 g/mol. The lowest BCUT2D eigenvalue weighted by molar-refractivity contribution is -0.121. The Balaban J connectivity index is 0.00000169. The Bertz CT molecular complexity index is 589. The summed E-state index contributed by atoms with van der Waals surface area (Å²) in [6, 6.07) is -0.220. The first-order valence-electron chi connectivity index (χ1n) is 8.99. The van der Waals surface area contributed by atoms with E-state index in [0.29, 0.717) is 19.0 Å². The SMILES string of the molecule is CCOCc1nc2c(c(NC3CCCCNC3=O)n1)CCNCC2.Cl.Cl. The van der Waals surface area contributed by atoms with Crippen molar-refractivity contribution in [3.8, 4) is 0 Å². The Kier molecular flexibility index (Phi) is 10.2. The van der Waals surface area contributed by atoms with Crippen LogP contribution in [0.4, 0.5) is 5.82 Å². The highest BCUT2D eigenvalue weighted by molar-refractivity contribution is 5.86. The van der Waals surface area contributed by atoms with Crippen LogP contribution in [0.2, 0.25) is 0 Å². The van der Waals surface area contributed by atoms with Gasteiger partial charge in [-0.25, -0.2) is 9.97 Å². The lowest BCUT2D eigenvalue weighted by Crippen LogP contribution is -2.38. The van der Waals surface area contributed by atoms with Crippen LogP contribution in [-0.4, -0.2) is 48.2 Å². The molecule has 3 N–H and O–H groups in total. The minimum absolute atomic E-state index is 0. The topological polar surface area (TPSA) is 88.2 Å². The van der Waals surface area contributed by atoms with E-state index in [1.54, 1.807) is 0 Å². The molecule has 9 heteroatoms. The second kappa shape index (κ2) is 11.5. The Morgan fingerprint density at radius 2 is 1.96 bits per heavy atom. The van der Waals surface area contributed by atoms with Gasteiger partial charge >= 0.3 is 0 Å². The van der Waals surface area contributed by atoms with Gasteiger partial charge in [-0.1, -0.05) is 0 Å². The van der Waals surface area contributed by atoms with Crippen molar-refractivity contribution < 1.29 is 9.53 Å². The fourth-order valence-electron chi connectivity index (χ4n) is 3.22. The zero-order chi connectivity index (χ0) is 16.8. The number of nitrogens with zero attached hydrogens (tertiary/aromatic N) is 2. The highest BCUT2D eigenvalue weighted by atomic mass is 35.5. The van der Waals surface area contributed by atoms with Gasteiger partial charge in [0.05, 0.1) is 5.69 Å². The van der Waals surface area contributed by atoms with E-state index in [2.05, 4.69) is 25.9 Å². The number of halogens is 2. The molecule has 0 radical (unpaired) electrons. The van der Waals surface area contributed by atoms with Gasteiger partial charge in [0.2, 0.25) is 5.91 Å². The molecule has 0 aliphatic carbocycles. The summed E-state index contributed by atoms with van der Waals surface area (Å²) in [6.07, 6.45) is 4.66. The minimum atomic E-state index is -0.220. The highest BCUT2D eigenvalue weighted by Gasteiger charge is 2.24. The average Bonchev–Trinajstić information content (AvgIpc) is 2.94. The molecule has 2 aliphatic rings. The molecule has 1 amide bonds. The number of carbonyl (C=O) groups excluding carboxylic acids is 1. The van der Waals surface area contributed by atoms with Crippen LogP contribution in [0.15, 0.2) is 0 Å². The molecule has 1 atom stereocenters. The van der Waals surface area contributed by atoms with E-state index in [9.17, 15) is 4.79 Å². The molecule has 7 nitrogen and oxygen atoms in total. The van der Waals surface area contributed by atoms with Crippen molar-refractivity contribution in [1.29, 1.82) is 0 Å². The number of amides is 1. The predicted molar refractivity (Wildman–Crippen MR) is 106 cm³/mol. The second-order valence-electron chi connectivity index (χ2n) is 6.28. The molecule has 0 spiro atoms. The van der Waals surface area contributed by atoms with Crippen LogP contribution in [0, 0.1) is 0 Å². The molecule has 1 aromatic heterocycles. The maximum Gasteiger partial charge on any atom is 0.242 e. The third-order valence-corrected chi connectivity index (χ3v) is 4.51. The number of aromatic nitrogens is 2. The standard InChI is InChI=1S/C17H27N5O2.2ClH/c1-2-24-11-15-20-13-7-10-18-9-6-12(13)16(22-15)21-14-5-3-4-8-19-17(14)23;;/h14,18H,2-11H2,1H3,(H,19,23)(H,20,21,22);2*1H. The Morgan fingerprint density at radius 1 is 1.15 bits per heavy atom. The van der Waals surface area contributed by atoms with Crippen LogP contribution < -0.4 is 16.0 Å². The molecule has 1 saturated heterocycles. The number of ether oxygens (including phenoxy) is 1. The van der Waals surface area contributed by atoms with Gasteiger partial charge in [-0.05, 0) is 39.2 Å². The van der Waals surface area contributed by atoms with Crippen molar-refractivity contribution in [3.05, 3.63) is 17.1 Å². The van der Waals surface area contributed by atoms with Gasteiger partial charge in [-0.3, -0.25) is 4.79 Å². The number of anilines is 1. The predicted octanol–water partition coefficient (Wildman–Crippen LogP) is 1.63. The van der Waals surface area contributed by atoms with Crippen LogP contribution in [0.5, 0.6) is 0 Å². The molecule has 1 fully saturated rings. The molecule has 3 rings (SSSR count). The van der Waals surface area contributed by atoms with Crippen molar-refractivity contribution in [1.82, 2.24) is 20.6 Å². The van der Waals surface area contributed by atoms with E-state index in [1.807, 2.05) is 6.92 Å². The fraction of sp³-hybridized carbons (Fsp3) is 0.706. The first-order valence-corrected chi connectivity index (χ1v) is 8.99. The summed E-state index contributed by atoms with van der Waals surface area (Å²) >= 11 is 0. The van der Waals surface area contributed by atoms with Crippen molar-refractivity contribution >= 4 is 36.5 Å². The Morgan fingerprint density at radius 3 is 2.77 bits per heavy atom. The fourth-order valence-corrected chi connectivity index (χ4v) is 3.22. The number of nitrogens with one attached hydrogen (secondary N) is 3. The van der Waals surface area contributed by atoms with Gasteiger partial charge in [0.25, 0.3) is 0 Å². The van der Waals surface area contributed by atoms with Gasteiger partial charge < -0.3 is 20.7 Å². The highest BCUT2D eigenvalue weighted by Crippen LogP contribution is 2.22. The van der Waals surface area contributed by atoms with E-state index < -0.39 is 0 Å². The second-order valence-corrected chi connectivity index (χ2v) is 6.28. The minimum Gasteiger partial charge on any atom is -0.374 e. The van der Waals surface area contributed by atoms with Crippen LogP contribution in [0.25, 0.3) is 0 Å². The summed E-state index contributed by atoms with van der Waals surface area (Å²) in [6.45, 7) is 5.59. The van der Waals surface area contributed by atoms with E-state index in [-0.39, 0.29) is 36.8 Å².